The van der Waals surface area contributed by atoms with E-state index in [1.807, 2.05) is 13.0 Å². The molecule has 1 unspecified atom stereocenters. The molecule has 1 atom stereocenters. The SMILES string of the molecule is COC(=O)c1ccc2c(c1)C(c1ccccc1F)=CC(C)O2. The maximum absolute atomic E-state index is 14.1. The van der Waals surface area contributed by atoms with Crippen molar-refractivity contribution in [3.63, 3.8) is 0 Å². The lowest BCUT2D eigenvalue weighted by molar-refractivity contribution is 0.0600. The van der Waals surface area contributed by atoms with E-state index in [9.17, 15) is 9.18 Å². The van der Waals surface area contributed by atoms with Gasteiger partial charge in [-0.25, -0.2) is 9.18 Å². The van der Waals surface area contributed by atoms with Crippen LogP contribution in [0.15, 0.2) is 48.5 Å². The lowest BCUT2D eigenvalue weighted by Crippen LogP contribution is -2.16. The molecule has 0 aromatic heterocycles. The minimum atomic E-state index is -0.436. The van der Waals surface area contributed by atoms with Crippen LogP contribution < -0.4 is 4.74 Å². The summed E-state index contributed by atoms with van der Waals surface area (Å²) >= 11 is 0. The van der Waals surface area contributed by atoms with Crippen LogP contribution in [0.4, 0.5) is 4.39 Å². The quantitative estimate of drug-likeness (QED) is 0.791. The second-order valence-electron chi connectivity index (χ2n) is 5.09. The normalized spacial score (nSPS) is 16.3. The van der Waals surface area contributed by atoms with E-state index in [1.54, 1.807) is 36.4 Å². The highest BCUT2D eigenvalue weighted by Crippen LogP contribution is 2.37. The number of esters is 1. The number of methoxy groups -OCH3 is 1. The molecule has 0 aliphatic carbocycles. The third kappa shape index (κ3) is 2.48. The number of carbonyl (C=O) groups excluding carboxylic acids is 1. The fraction of sp³-hybridized carbons (Fsp3) is 0.167. The van der Waals surface area contributed by atoms with Crippen LogP contribution in [0.1, 0.15) is 28.4 Å². The highest BCUT2D eigenvalue weighted by atomic mass is 19.1. The average molecular weight is 298 g/mol. The summed E-state index contributed by atoms with van der Waals surface area (Å²) in [6.07, 6.45) is 1.67. The van der Waals surface area contributed by atoms with Gasteiger partial charge in [0.25, 0.3) is 0 Å². The van der Waals surface area contributed by atoms with Gasteiger partial charge in [-0.3, -0.25) is 0 Å². The summed E-state index contributed by atoms with van der Waals surface area (Å²) in [5.74, 6) is -0.118. The van der Waals surface area contributed by atoms with Crippen LogP contribution >= 0.6 is 0 Å². The minimum absolute atomic E-state index is 0.175. The molecule has 0 amide bonds. The molecular weight excluding hydrogens is 283 g/mol. The van der Waals surface area contributed by atoms with Gasteiger partial charge < -0.3 is 9.47 Å². The number of ether oxygens (including phenoxy) is 2. The van der Waals surface area contributed by atoms with Crippen LogP contribution in [0.25, 0.3) is 5.57 Å². The Hall–Kier alpha value is -2.62. The first-order valence-electron chi connectivity index (χ1n) is 6.96. The van der Waals surface area contributed by atoms with E-state index in [0.29, 0.717) is 22.4 Å². The zero-order valence-electron chi connectivity index (χ0n) is 12.3. The Kier molecular flexibility index (Phi) is 3.67. The zero-order chi connectivity index (χ0) is 15.7. The predicted octanol–water partition coefficient (Wildman–Crippen LogP) is 3.82. The molecule has 4 heteroatoms. The first-order valence-corrected chi connectivity index (χ1v) is 6.96. The number of hydrogen-bond acceptors (Lipinski definition) is 3. The number of fused-ring (bicyclic) bond motifs is 1. The largest absolute Gasteiger partial charge is 0.486 e. The predicted molar refractivity (Wildman–Crippen MR) is 81.4 cm³/mol. The first kappa shape index (κ1) is 14.3. The molecule has 0 bridgehead atoms. The number of hydrogen-bond donors (Lipinski definition) is 0. The van der Waals surface area contributed by atoms with E-state index in [1.165, 1.54) is 13.2 Å². The molecule has 112 valence electrons. The summed E-state index contributed by atoms with van der Waals surface area (Å²) in [6, 6.07) is 11.6. The van der Waals surface area contributed by atoms with Crippen molar-refractivity contribution in [2.75, 3.05) is 7.11 Å². The van der Waals surface area contributed by atoms with Crippen molar-refractivity contribution in [2.24, 2.45) is 0 Å². The molecule has 2 aromatic rings. The third-order valence-corrected chi connectivity index (χ3v) is 3.57. The van der Waals surface area contributed by atoms with E-state index in [2.05, 4.69) is 0 Å². The molecule has 0 fully saturated rings. The van der Waals surface area contributed by atoms with Crippen LogP contribution in [0.3, 0.4) is 0 Å². The molecule has 1 aliphatic heterocycles. The van der Waals surface area contributed by atoms with E-state index in [4.69, 9.17) is 9.47 Å². The lowest BCUT2D eigenvalue weighted by atomic mass is 9.92. The molecule has 22 heavy (non-hydrogen) atoms. The lowest BCUT2D eigenvalue weighted by Gasteiger charge is -2.24. The molecular formula is C18H15FO3. The Bertz CT molecular complexity index is 765. The van der Waals surface area contributed by atoms with Crippen molar-refractivity contribution in [1.29, 1.82) is 0 Å². The van der Waals surface area contributed by atoms with Crippen molar-refractivity contribution in [3.8, 4) is 5.75 Å². The molecule has 0 saturated carbocycles. The number of benzene rings is 2. The summed E-state index contributed by atoms with van der Waals surface area (Å²) in [5.41, 5.74) is 2.30. The van der Waals surface area contributed by atoms with E-state index >= 15 is 0 Å². The summed E-state index contributed by atoms with van der Waals surface area (Å²) in [6.45, 7) is 1.89. The van der Waals surface area contributed by atoms with Gasteiger partial charge in [0.15, 0.2) is 0 Å². The summed E-state index contributed by atoms with van der Waals surface area (Å²) in [4.78, 5) is 11.7. The van der Waals surface area contributed by atoms with Crippen molar-refractivity contribution in [3.05, 3.63) is 71.0 Å². The Morgan fingerprint density at radius 2 is 1.95 bits per heavy atom. The second kappa shape index (κ2) is 5.64. The van der Waals surface area contributed by atoms with E-state index in [-0.39, 0.29) is 11.9 Å². The Balaban J connectivity index is 2.16. The Morgan fingerprint density at radius 3 is 2.68 bits per heavy atom. The zero-order valence-corrected chi connectivity index (χ0v) is 12.3. The molecule has 2 aromatic carbocycles. The molecule has 0 N–H and O–H groups in total. The summed E-state index contributed by atoms with van der Waals surface area (Å²) < 4.78 is 24.6. The number of rotatable bonds is 2. The van der Waals surface area contributed by atoms with Crippen molar-refractivity contribution in [2.45, 2.75) is 13.0 Å². The van der Waals surface area contributed by atoms with Crippen LogP contribution in [0, 0.1) is 5.82 Å². The number of carbonyl (C=O) groups is 1. The highest BCUT2D eigenvalue weighted by molar-refractivity contribution is 5.93. The molecule has 3 nitrogen and oxygen atoms in total. The van der Waals surface area contributed by atoms with E-state index in [0.717, 1.165) is 5.57 Å². The highest BCUT2D eigenvalue weighted by Gasteiger charge is 2.22. The topological polar surface area (TPSA) is 35.5 Å². The Labute approximate surface area is 128 Å². The summed E-state index contributed by atoms with van der Waals surface area (Å²) in [5, 5.41) is 0. The first-order chi connectivity index (χ1) is 10.6. The van der Waals surface area contributed by atoms with Gasteiger partial charge in [-0.15, -0.1) is 0 Å². The van der Waals surface area contributed by atoms with Crippen molar-refractivity contribution < 1.29 is 18.7 Å². The molecule has 1 aliphatic rings. The van der Waals surface area contributed by atoms with Gasteiger partial charge >= 0.3 is 5.97 Å². The Morgan fingerprint density at radius 1 is 1.18 bits per heavy atom. The van der Waals surface area contributed by atoms with Gasteiger partial charge in [-0.1, -0.05) is 18.2 Å². The van der Waals surface area contributed by atoms with Crippen LogP contribution in [0.5, 0.6) is 5.75 Å². The maximum atomic E-state index is 14.1. The molecule has 0 radical (unpaired) electrons. The van der Waals surface area contributed by atoms with Gasteiger partial charge in [0.1, 0.15) is 17.7 Å². The van der Waals surface area contributed by atoms with Crippen LogP contribution in [-0.4, -0.2) is 19.2 Å². The fourth-order valence-electron chi connectivity index (χ4n) is 2.56. The van der Waals surface area contributed by atoms with Crippen molar-refractivity contribution >= 4 is 11.5 Å². The molecule has 1 heterocycles. The monoisotopic (exact) mass is 298 g/mol. The third-order valence-electron chi connectivity index (χ3n) is 3.57. The van der Waals surface area contributed by atoms with Gasteiger partial charge in [-0.05, 0) is 42.8 Å². The fourth-order valence-corrected chi connectivity index (χ4v) is 2.56. The molecule has 3 rings (SSSR count). The van der Waals surface area contributed by atoms with Crippen LogP contribution in [0.2, 0.25) is 0 Å². The van der Waals surface area contributed by atoms with E-state index < -0.39 is 5.97 Å². The van der Waals surface area contributed by atoms with Crippen LogP contribution in [-0.2, 0) is 4.74 Å². The standard InChI is InChI=1S/C18H15FO3/c1-11-9-14(13-5-3-4-6-16(13)19)15-10-12(18(20)21-2)7-8-17(15)22-11/h3-11H,1-2H3. The van der Waals surface area contributed by atoms with Gasteiger partial charge in [0, 0.05) is 11.1 Å². The number of halogens is 1. The minimum Gasteiger partial charge on any atom is -0.486 e. The van der Waals surface area contributed by atoms with Gasteiger partial charge in [-0.2, -0.15) is 0 Å². The average Bonchev–Trinajstić information content (AvgIpc) is 2.53. The van der Waals surface area contributed by atoms with Gasteiger partial charge in [0.05, 0.1) is 12.7 Å². The van der Waals surface area contributed by atoms with Crippen molar-refractivity contribution in [1.82, 2.24) is 0 Å². The molecule has 0 spiro atoms. The second-order valence-corrected chi connectivity index (χ2v) is 5.09. The molecule has 0 saturated heterocycles. The maximum Gasteiger partial charge on any atom is 0.337 e. The smallest absolute Gasteiger partial charge is 0.337 e. The van der Waals surface area contributed by atoms with Gasteiger partial charge in [0.2, 0.25) is 0 Å². The summed E-state index contributed by atoms with van der Waals surface area (Å²) in [7, 11) is 1.33.